The fourth-order valence-electron chi connectivity index (χ4n) is 11.3. The molecule has 3 heterocycles. The molecule has 0 radical (unpaired) electrons. The van der Waals surface area contributed by atoms with Crippen LogP contribution in [0.25, 0.3) is 11.1 Å². The van der Waals surface area contributed by atoms with Gasteiger partial charge in [-0.1, -0.05) is 190 Å². The van der Waals surface area contributed by atoms with Gasteiger partial charge in [0.2, 0.25) is 0 Å². The lowest BCUT2D eigenvalue weighted by molar-refractivity contribution is 0.590. The molecule has 8 aromatic rings. The van der Waals surface area contributed by atoms with Crippen LogP contribution in [0.1, 0.15) is 84.6 Å². The molecule has 65 heavy (non-hydrogen) atoms. The standard InChI is InChI=1S/C61H59BN2Si/c1-40-34-54-58-55(35-40)64(44-21-19-20-41(36-44)59(2,3)4)53-38-43(61(8,9)10)28-32-50(53)62(58)51-37-42(60(5,6)7)29-33-52(51)63(54)45-30-31-49-48-26-17-18-27-56(48)65(57(49)39-45,46-22-13-11-14-23-46)47-24-15-12-16-25-47/h11-39H,1-10H3. The van der Waals surface area contributed by atoms with E-state index >= 15 is 0 Å². The van der Waals surface area contributed by atoms with Crippen LogP contribution in [0.3, 0.4) is 0 Å². The highest BCUT2D eigenvalue weighted by molar-refractivity contribution is 7.22. The number of benzene rings is 8. The van der Waals surface area contributed by atoms with Crippen LogP contribution < -0.4 is 46.9 Å². The molecule has 0 saturated heterocycles. The van der Waals surface area contributed by atoms with Crippen molar-refractivity contribution in [1.29, 1.82) is 0 Å². The summed E-state index contributed by atoms with van der Waals surface area (Å²) in [5, 5.41) is 5.74. The molecule has 3 aliphatic heterocycles. The summed E-state index contributed by atoms with van der Waals surface area (Å²) >= 11 is 0. The van der Waals surface area contributed by atoms with E-state index in [1.165, 1.54) is 105 Å². The van der Waals surface area contributed by atoms with E-state index in [0.29, 0.717) is 0 Å². The summed E-state index contributed by atoms with van der Waals surface area (Å²) in [6.45, 7) is 23.4. The molecule has 0 N–H and O–H groups in total. The summed E-state index contributed by atoms with van der Waals surface area (Å²) in [5.41, 5.74) is 19.5. The minimum absolute atomic E-state index is 0.000804. The number of fused-ring (bicyclic) bond motifs is 7. The largest absolute Gasteiger partial charge is 0.311 e. The summed E-state index contributed by atoms with van der Waals surface area (Å²) in [5.74, 6) is 0. The zero-order valence-corrected chi connectivity index (χ0v) is 40.7. The summed E-state index contributed by atoms with van der Waals surface area (Å²) < 4.78 is 0. The molecule has 0 aromatic heterocycles. The monoisotopic (exact) mass is 858 g/mol. The lowest BCUT2D eigenvalue weighted by Crippen LogP contribution is -2.72. The van der Waals surface area contributed by atoms with Crippen LogP contribution in [-0.4, -0.2) is 14.8 Å². The Labute approximate surface area is 388 Å². The molecule has 4 heteroatoms. The first kappa shape index (κ1) is 41.4. The predicted molar refractivity (Wildman–Crippen MR) is 284 cm³/mol. The van der Waals surface area contributed by atoms with Gasteiger partial charge < -0.3 is 9.80 Å². The first-order valence-corrected chi connectivity index (χ1v) is 25.5. The minimum atomic E-state index is -2.75. The molecule has 0 spiro atoms. The quantitative estimate of drug-likeness (QED) is 0.163. The number of aryl methyl sites for hydroxylation is 1. The SMILES string of the molecule is Cc1cc2c3c(c1)N(c1cccc(C(C)(C)C)c1)c1cc(C(C)(C)C)ccc1B3c1cc(C(C)(C)C)ccc1N2c1ccc2c(c1)[Si](c1ccccc1)(c1ccccc1)c1ccccc1-2. The highest BCUT2D eigenvalue weighted by atomic mass is 28.3. The van der Waals surface area contributed by atoms with Gasteiger partial charge in [0.15, 0.2) is 8.07 Å². The molecule has 0 amide bonds. The summed E-state index contributed by atoms with van der Waals surface area (Å²) in [6.07, 6.45) is 0. The molecular formula is C61H59BN2Si. The maximum Gasteiger partial charge on any atom is 0.252 e. The Morgan fingerprint density at radius 3 is 1.57 bits per heavy atom. The van der Waals surface area contributed by atoms with E-state index in [4.69, 9.17) is 0 Å². The minimum Gasteiger partial charge on any atom is -0.311 e. The normalized spacial score (nSPS) is 14.6. The molecular weight excluding hydrogens is 800 g/mol. The topological polar surface area (TPSA) is 6.48 Å². The second-order valence-electron chi connectivity index (χ2n) is 21.9. The smallest absolute Gasteiger partial charge is 0.252 e. The van der Waals surface area contributed by atoms with Crippen molar-refractivity contribution in [3.8, 4) is 11.1 Å². The number of hydrogen-bond acceptors (Lipinski definition) is 2. The Kier molecular flexibility index (Phi) is 9.27. The van der Waals surface area contributed by atoms with E-state index in [0.717, 1.165) is 0 Å². The van der Waals surface area contributed by atoms with Crippen LogP contribution in [0.15, 0.2) is 176 Å². The highest BCUT2D eigenvalue weighted by Crippen LogP contribution is 2.47. The zero-order chi connectivity index (χ0) is 45.2. The van der Waals surface area contributed by atoms with Crippen molar-refractivity contribution in [1.82, 2.24) is 0 Å². The van der Waals surface area contributed by atoms with Crippen molar-refractivity contribution in [2.75, 3.05) is 9.80 Å². The first-order chi connectivity index (χ1) is 31.0. The molecule has 11 rings (SSSR count). The summed E-state index contributed by atoms with van der Waals surface area (Å²) in [4.78, 5) is 5.22. The molecule has 2 nitrogen and oxygen atoms in total. The Morgan fingerprint density at radius 2 is 0.923 bits per heavy atom. The van der Waals surface area contributed by atoms with E-state index < -0.39 is 8.07 Å². The number of nitrogens with zero attached hydrogens (tertiary/aromatic N) is 2. The van der Waals surface area contributed by atoms with Gasteiger partial charge in [0.1, 0.15) is 0 Å². The van der Waals surface area contributed by atoms with Crippen molar-refractivity contribution >= 4 is 86.0 Å². The van der Waals surface area contributed by atoms with Gasteiger partial charge in [-0.15, -0.1) is 0 Å². The van der Waals surface area contributed by atoms with Gasteiger partial charge in [-0.25, -0.2) is 0 Å². The Morgan fingerprint density at radius 1 is 0.385 bits per heavy atom. The van der Waals surface area contributed by atoms with Gasteiger partial charge in [0, 0.05) is 34.1 Å². The van der Waals surface area contributed by atoms with Crippen molar-refractivity contribution in [3.63, 3.8) is 0 Å². The van der Waals surface area contributed by atoms with E-state index in [1.807, 2.05) is 0 Å². The molecule has 0 aliphatic carbocycles. The van der Waals surface area contributed by atoms with E-state index in [2.05, 4.69) is 255 Å². The Balaban J connectivity index is 1.23. The summed E-state index contributed by atoms with van der Waals surface area (Å²) in [7, 11) is -2.75. The van der Waals surface area contributed by atoms with Gasteiger partial charge in [0.05, 0.1) is 0 Å². The van der Waals surface area contributed by atoms with Crippen molar-refractivity contribution in [2.24, 2.45) is 0 Å². The van der Waals surface area contributed by atoms with Gasteiger partial charge in [-0.3, -0.25) is 0 Å². The molecule has 0 bridgehead atoms. The van der Waals surface area contributed by atoms with Crippen molar-refractivity contribution < 1.29 is 0 Å². The third kappa shape index (κ3) is 6.35. The number of anilines is 6. The van der Waals surface area contributed by atoms with Gasteiger partial charge in [0.25, 0.3) is 6.71 Å². The second-order valence-corrected chi connectivity index (χ2v) is 25.7. The molecule has 320 valence electrons. The third-order valence-electron chi connectivity index (χ3n) is 14.6. The maximum absolute atomic E-state index is 2.75. The molecule has 0 fully saturated rings. The van der Waals surface area contributed by atoms with Crippen LogP contribution in [-0.2, 0) is 16.2 Å². The highest BCUT2D eigenvalue weighted by Gasteiger charge is 2.50. The fraction of sp³-hybridized carbons (Fsp3) is 0.213. The Hall–Kier alpha value is -6.36. The van der Waals surface area contributed by atoms with Crippen LogP contribution in [0.4, 0.5) is 34.1 Å². The van der Waals surface area contributed by atoms with Crippen LogP contribution in [0.2, 0.25) is 0 Å². The van der Waals surface area contributed by atoms with Gasteiger partial charge in [-0.05, 0) is 142 Å². The molecule has 0 saturated carbocycles. The zero-order valence-electron chi connectivity index (χ0n) is 39.7. The van der Waals surface area contributed by atoms with E-state index in [-0.39, 0.29) is 23.0 Å². The van der Waals surface area contributed by atoms with Gasteiger partial charge in [-0.2, -0.15) is 0 Å². The van der Waals surface area contributed by atoms with Gasteiger partial charge >= 0.3 is 0 Å². The van der Waals surface area contributed by atoms with E-state index in [1.54, 1.807) is 0 Å². The average molecular weight is 859 g/mol. The third-order valence-corrected chi connectivity index (χ3v) is 19.5. The first-order valence-electron chi connectivity index (χ1n) is 23.5. The summed E-state index contributed by atoms with van der Waals surface area (Å²) in [6, 6.07) is 68.4. The lowest BCUT2D eigenvalue weighted by Gasteiger charge is -2.45. The number of rotatable bonds is 4. The van der Waals surface area contributed by atoms with Crippen molar-refractivity contribution in [2.45, 2.75) is 85.5 Å². The van der Waals surface area contributed by atoms with E-state index in [9.17, 15) is 0 Å². The lowest BCUT2D eigenvalue weighted by atomic mass is 9.33. The molecule has 8 aromatic carbocycles. The Bertz CT molecular complexity index is 3150. The predicted octanol–water partition coefficient (Wildman–Crippen LogP) is 11.3. The maximum atomic E-state index is 2.63. The second kappa shape index (κ2) is 14.6. The molecule has 3 aliphatic rings. The molecule has 0 unspecified atom stereocenters. The molecule has 0 atom stereocenters. The van der Waals surface area contributed by atoms with Crippen LogP contribution >= 0.6 is 0 Å². The fourth-order valence-corrected chi connectivity index (χ4v) is 16.5. The average Bonchev–Trinajstić information content (AvgIpc) is 3.58. The van der Waals surface area contributed by atoms with Crippen LogP contribution in [0.5, 0.6) is 0 Å². The van der Waals surface area contributed by atoms with Crippen molar-refractivity contribution in [3.05, 3.63) is 198 Å². The van der Waals surface area contributed by atoms with Crippen LogP contribution in [0, 0.1) is 6.92 Å². The number of hydrogen-bond donors (Lipinski definition) is 0.